The van der Waals surface area contributed by atoms with Crippen LogP contribution in [-0.4, -0.2) is 53.9 Å². The number of hydrogen-bond donors (Lipinski definition) is 2. The fraction of sp³-hybridized carbons (Fsp3) is 0.375. The highest BCUT2D eigenvalue weighted by Gasteiger charge is 2.22. The summed E-state index contributed by atoms with van der Waals surface area (Å²) < 4.78 is 1.77. The van der Waals surface area contributed by atoms with Crippen LogP contribution < -0.4 is 15.5 Å². The minimum atomic E-state index is 0.208. The average molecular weight is 504 g/mol. The fourth-order valence-corrected chi connectivity index (χ4v) is 4.26. The second-order valence-corrected chi connectivity index (χ2v) is 9.56. The van der Waals surface area contributed by atoms with Crippen molar-refractivity contribution < 1.29 is 0 Å². The number of piperidine rings is 1. The summed E-state index contributed by atoms with van der Waals surface area (Å²) in [5, 5.41) is 28.7. The number of hydrogen-bond acceptors (Lipinski definition) is 10. The van der Waals surface area contributed by atoms with Gasteiger partial charge in [-0.2, -0.15) is 15.3 Å². The lowest BCUT2D eigenvalue weighted by Crippen LogP contribution is -2.39. The Morgan fingerprint density at radius 1 is 1.17 bits per heavy atom. The summed E-state index contributed by atoms with van der Waals surface area (Å²) in [4.78, 5) is 15.7. The number of nitrogens with one attached hydrogen (secondary N) is 2. The monoisotopic (exact) mass is 503 g/mol. The molecule has 0 unspecified atom stereocenters. The Kier molecular flexibility index (Phi) is 6.77. The first-order valence-electron chi connectivity index (χ1n) is 11.9. The van der Waals surface area contributed by atoms with E-state index in [1.54, 1.807) is 16.8 Å². The van der Waals surface area contributed by atoms with Crippen molar-refractivity contribution in [1.29, 1.82) is 5.26 Å². The Morgan fingerprint density at radius 3 is 2.72 bits per heavy atom. The highest BCUT2D eigenvalue weighted by atomic mass is 35.5. The molecule has 184 valence electrons. The van der Waals surface area contributed by atoms with Crippen molar-refractivity contribution in [2.75, 3.05) is 28.6 Å². The maximum absolute atomic E-state index is 8.90. The molecule has 0 bridgehead atoms. The highest BCUT2D eigenvalue weighted by molar-refractivity contribution is 6.32. The molecule has 1 aliphatic rings. The van der Waals surface area contributed by atoms with Crippen molar-refractivity contribution in [2.24, 2.45) is 5.92 Å². The van der Waals surface area contributed by atoms with E-state index >= 15 is 0 Å². The SMILES string of the molecule is CC(C)Cc1nc2cc(Nc3ncc(Cl)c(NC4CCN(c5ccc(C#N)nn5)CC4)n3)ccn2n1. The lowest BCUT2D eigenvalue weighted by atomic mass is 10.1. The lowest BCUT2D eigenvalue weighted by molar-refractivity contribution is 0.521. The minimum absolute atomic E-state index is 0.208. The molecule has 0 radical (unpaired) electrons. The van der Waals surface area contributed by atoms with Crippen molar-refractivity contribution in [2.45, 2.75) is 39.2 Å². The van der Waals surface area contributed by atoms with Gasteiger partial charge in [-0.25, -0.2) is 14.5 Å². The van der Waals surface area contributed by atoms with Gasteiger partial charge in [-0.15, -0.1) is 10.2 Å². The fourth-order valence-electron chi connectivity index (χ4n) is 4.11. The van der Waals surface area contributed by atoms with Crippen LogP contribution in [0.4, 0.5) is 23.3 Å². The van der Waals surface area contributed by atoms with Gasteiger partial charge in [0.25, 0.3) is 0 Å². The summed E-state index contributed by atoms with van der Waals surface area (Å²) in [5.41, 5.74) is 1.90. The summed E-state index contributed by atoms with van der Waals surface area (Å²) in [6.07, 6.45) is 6.06. The summed E-state index contributed by atoms with van der Waals surface area (Å²) in [6, 6.07) is 9.55. The highest BCUT2D eigenvalue weighted by Crippen LogP contribution is 2.25. The number of fused-ring (bicyclic) bond motifs is 1. The number of halogens is 1. The third kappa shape index (κ3) is 5.44. The standard InChI is InChI=1S/C24H26ClN11/c1-15(2)11-20-30-22-12-17(7-10-36(22)34-20)29-24-27-14-19(25)23(31-24)28-16-5-8-35(9-6-16)21-4-3-18(13-26)32-33-21/h3-4,7,10,12,14-16H,5-6,8-9,11H2,1-2H3,(H2,27,28,29,31). The molecular weight excluding hydrogens is 478 g/mol. The number of aromatic nitrogens is 7. The Hall–Kier alpha value is -4.04. The first-order chi connectivity index (χ1) is 17.5. The summed E-state index contributed by atoms with van der Waals surface area (Å²) in [6.45, 7) is 5.91. The van der Waals surface area contributed by atoms with E-state index in [0.717, 1.165) is 55.3 Å². The van der Waals surface area contributed by atoms with E-state index in [-0.39, 0.29) is 6.04 Å². The second-order valence-electron chi connectivity index (χ2n) is 9.15. The van der Waals surface area contributed by atoms with Gasteiger partial charge in [0.1, 0.15) is 11.1 Å². The molecule has 0 aliphatic carbocycles. The molecule has 12 heteroatoms. The van der Waals surface area contributed by atoms with Crippen LogP contribution in [0, 0.1) is 17.2 Å². The van der Waals surface area contributed by atoms with Crippen LogP contribution in [0.1, 0.15) is 38.2 Å². The molecule has 1 saturated heterocycles. The van der Waals surface area contributed by atoms with Crippen LogP contribution in [0.15, 0.2) is 36.7 Å². The molecular formula is C24H26ClN11. The third-order valence-electron chi connectivity index (χ3n) is 5.90. The van der Waals surface area contributed by atoms with Crippen molar-refractivity contribution >= 4 is 40.5 Å². The Balaban J connectivity index is 1.22. The smallest absolute Gasteiger partial charge is 0.229 e. The minimum Gasteiger partial charge on any atom is -0.366 e. The van der Waals surface area contributed by atoms with E-state index in [4.69, 9.17) is 16.9 Å². The second kappa shape index (κ2) is 10.3. The topological polar surface area (TPSA) is 133 Å². The van der Waals surface area contributed by atoms with Crippen LogP contribution in [0.25, 0.3) is 5.65 Å². The Labute approximate surface area is 213 Å². The largest absolute Gasteiger partial charge is 0.366 e. The molecule has 5 heterocycles. The van der Waals surface area contributed by atoms with Crippen LogP contribution in [0.3, 0.4) is 0 Å². The van der Waals surface area contributed by atoms with Gasteiger partial charge in [0.2, 0.25) is 5.95 Å². The van der Waals surface area contributed by atoms with Crippen LogP contribution in [-0.2, 0) is 6.42 Å². The maximum atomic E-state index is 8.90. The summed E-state index contributed by atoms with van der Waals surface area (Å²) in [5.74, 6) is 3.13. The number of pyridine rings is 1. The molecule has 5 rings (SSSR count). The first kappa shape index (κ1) is 23.7. The van der Waals surface area contributed by atoms with E-state index in [2.05, 4.69) is 59.6 Å². The molecule has 1 fully saturated rings. The first-order valence-corrected chi connectivity index (χ1v) is 12.2. The molecule has 0 saturated carbocycles. The molecule has 4 aromatic rings. The van der Waals surface area contributed by atoms with Gasteiger partial charge in [-0.3, -0.25) is 0 Å². The quantitative estimate of drug-likeness (QED) is 0.383. The zero-order valence-corrected chi connectivity index (χ0v) is 20.8. The Bertz CT molecular complexity index is 1390. The normalized spacial score (nSPS) is 14.2. The van der Waals surface area contributed by atoms with Gasteiger partial charge >= 0.3 is 0 Å². The van der Waals surface area contributed by atoms with E-state index in [1.807, 2.05) is 30.5 Å². The number of anilines is 4. The van der Waals surface area contributed by atoms with Gasteiger partial charge in [-0.05, 0) is 37.0 Å². The van der Waals surface area contributed by atoms with E-state index < -0.39 is 0 Å². The molecule has 0 amide bonds. The molecule has 2 N–H and O–H groups in total. The Morgan fingerprint density at radius 2 is 2.00 bits per heavy atom. The average Bonchev–Trinajstić information content (AvgIpc) is 3.27. The molecule has 4 aromatic heterocycles. The zero-order valence-electron chi connectivity index (χ0n) is 20.1. The lowest BCUT2D eigenvalue weighted by Gasteiger charge is -2.33. The van der Waals surface area contributed by atoms with Crippen LogP contribution >= 0.6 is 11.6 Å². The predicted molar refractivity (Wildman–Crippen MR) is 137 cm³/mol. The summed E-state index contributed by atoms with van der Waals surface area (Å²) in [7, 11) is 0. The van der Waals surface area contributed by atoms with E-state index in [9.17, 15) is 0 Å². The third-order valence-corrected chi connectivity index (χ3v) is 6.17. The van der Waals surface area contributed by atoms with Crippen molar-refractivity contribution in [1.82, 2.24) is 34.8 Å². The molecule has 0 spiro atoms. The molecule has 11 nitrogen and oxygen atoms in total. The molecule has 1 aliphatic heterocycles. The zero-order chi connectivity index (χ0) is 25.1. The van der Waals surface area contributed by atoms with Gasteiger partial charge < -0.3 is 15.5 Å². The van der Waals surface area contributed by atoms with Crippen molar-refractivity contribution in [3.63, 3.8) is 0 Å². The number of rotatable bonds is 7. The summed E-state index contributed by atoms with van der Waals surface area (Å²) >= 11 is 6.40. The van der Waals surface area contributed by atoms with Gasteiger partial charge in [0.05, 0.1) is 6.20 Å². The van der Waals surface area contributed by atoms with Gasteiger partial charge in [-0.1, -0.05) is 25.4 Å². The van der Waals surface area contributed by atoms with Gasteiger partial charge in [0.15, 0.2) is 28.8 Å². The number of nitrogens with zero attached hydrogens (tertiary/aromatic N) is 9. The molecule has 0 atom stereocenters. The molecule has 36 heavy (non-hydrogen) atoms. The van der Waals surface area contributed by atoms with E-state index in [0.29, 0.717) is 28.4 Å². The predicted octanol–water partition coefficient (Wildman–Crippen LogP) is 3.86. The van der Waals surface area contributed by atoms with Crippen LogP contribution in [0.5, 0.6) is 0 Å². The number of nitriles is 1. The van der Waals surface area contributed by atoms with Crippen LogP contribution in [0.2, 0.25) is 5.02 Å². The molecule has 0 aromatic carbocycles. The van der Waals surface area contributed by atoms with E-state index in [1.165, 1.54) is 0 Å². The van der Waals surface area contributed by atoms with Gasteiger partial charge in [0, 0.05) is 43.5 Å². The van der Waals surface area contributed by atoms with Crippen molar-refractivity contribution in [3.05, 3.63) is 53.2 Å². The van der Waals surface area contributed by atoms with Crippen molar-refractivity contribution in [3.8, 4) is 6.07 Å². The maximum Gasteiger partial charge on any atom is 0.229 e.